The highest BCUT2D eigenvalue weighted by atomic mass is 35.5. The lowest BCUT2D eigenvalue weighted by molar-refractivity contribution is -0.111. The second-order valence-electron chi connectivity index (χ2n) is 3.74. The maximum atomic E-state index is 11.6. The Bertz CT molecular complexity index is 564. The van der Waals surface area contributed by atoms with Crippen LogP contribution in [0.3, 0.4) is 0 Å². The number of anilines is 1. The molecule has 1 N–H and O–H groups in total. The molecule has 3 heteroatoms. The van der Waals surface area contributed by atoms with Crippen LogP contribution in [-0.4, -0.2) is 5.91 Å². The minimum Gasteiger partial charge on any atom is -0.323 e. The first-order valence-corrected chi connectivity index (χ1v) is 5.91. The fraction of sp³-hybridized carbons (Fsp3) is 0. The van der Waals surface area contributed by atoms with Crippen molar-refractivity contribution in [3.8, 4) is 0 Å². The van der Waals surface area contributed by atoms with Gasteiger partial charge < -0.3 is 5.32 Å². The van der Waals surface area contributed by atoms with Crippen molar-refractivity contribution >= 4 is 29.3 Å². The van der Waals surface area contributed by atoms with Crippen LogP contribution >= 0.6 is 11.6 Å². The quantitative estimate of drug-likeness (QED) is 0.828. The minimum absolute atomic E-state index is 0.166. The van der Waals surface area contributed by atoms with Crippen molar-refractivity contribution in [3.05, 3.63) is 71.3 Å². The van der Waals surface area contributed by atoms with Crippen LogP contribution in [0.1, 0.15) is 5.56 Å². The number of hydrogen-bond acceptors (Lipinski definition) is 1. The van der Waals surface area contributed by atoms with E-state index >= 15 is 0 Å². The van der Waals surface area contributed by atoms with Gasteiger partial charge in [0.2, 0.25) is 5.91 Å². The van der Waals surface area contributed by atoms with Crippen molar-refractivity contribution < 1.29 is 4.79 Å². The lowest BCUT2D eigenvalue weighted by Gasteiger charge is -2.00. The Labute approximate surface area is 111 Å². The second kappa shape index (κ2) is 6.03. The summed E-state index contributed by atoms with van der Waals surface area (Å²) < 4.78 is 0. The molecule has 2 nitrogen and oxygen atoms in total. The summed E-state index contributed by atoms with van der Waals surface area (Å²) in [5.74, 6) is -0.166. The monoisotopic (exact) mass is 257 g/mol. The van der Waals surface area contributed by atoms with Crippen molar-refractivity contribution in [2.45, 2.75) is 0 Å². The van der Waals surface area contributed by atoms with Gasteiger partial charge in [0, 0.05) is 16.8 Å². The third-order valence-electron chi connectivity index (χ3n) is 2.32. The zero-order valence-corrected chi connectivity index (χ0v) is 10.4. The Morgan fingerprint density at radius 2 is 1.83 bits per heavy atom. The van der Waals surface area contributed by atoms with Gasteiger partial charge in [-0.3, -0.25) is 4.79 Å². The average Bonchev–Trinajstić information content (AvgIpc) is 2.38. The minimum atomic E-state index is -0.166. The Hall–Kier alpha value is -2.06. The summed E-state index contributed by atoms with van der Waals surface area (Å²) in [4.78, 5) is 11.6. The number of benzene rings is 2. The molecule has 0 heterocycles. The maximum absolute atomic E-state index is 11.6. The highest BCUT2D eigenvalue weighted by Crippen LogP contribution is 2.12. The molecule has 0 aliphatic carbocycles. The SMILES string of the molecule is O=C(/C=C\c1cccc(Cl)c1)Nc1ccccc1. The molecule has 0 saturated carbocycles. The smallest absolute Gasteiger partial charge is 0.248 e. The first-order chi connectivity index (χ1) is 8.74. The molecular weight excluding hydrogens is 246 g/mol. The number of carbonyl (C=O) groups excluding carboxylic acids is 1. The lowest BCUT2D eigenvalue weighted by Crippen LogP contribution is -2.07. The first-order valence-electron chi connectivity index (χ1n) is 5.54. The Kier molecular flexibility index (Phi) is 4.15. The van der Waals surface area contributed by atoms with Crippen LogP contribution < -0.4 is 5.32 Å². The van der Waals surface area contributed by atoms with E-state index in [0.29, 0.717) is 5.02 Å². The molecule has 0 aliphatic rings. The summed E-state index contributed by atoms with van der Waals surface area (Å²) in [6.45, 7) is 0. The van der Waals surface area contributed by atoms with Gasteiger partial charge in [0.1, 0.15) is 0 Å². The molecule has 0 saturated heterocycles. The molecule has 18 heavy (non-hydrogen) atoms. The maximum Gasteiger partial charge on any atom is 0.248 e. The summed E-state index contributed by atoms with van der Waals surface area (Å²) >= 11 is 5.86. The van der Waals surface area contributed by atoms with E-state index < -0.39 is 0 Å². The molecule has 90 valence electrons. The van der Waals surface area contributed by atoms with Crippen LogP contribution in [-0.2, 0) is 4.79 Å². The van der Waals surface area contributed by atoms with E-state index in [1.807, 2.05) is 42.5 Å². The molecule has 1 amide bonds. The van der Waals surface area contributed by atoms with Gasteiger partial charge in [0.15, 0.2) is 0 Å². The number of rotatable bonds is 3. The summed E-state index contributed by atoms with van der Waals surface area (Å²) in [6.07, 6.45) is 3.21. The van der Waals surface area contributed by atoms with Crippen LogP contribution in [0.4, 0.5) is 5.69 Å². The summed E-state index contributed by atoms with van der Waals surface area (Å²) in [5, 5.41) is 3.42. The van der Waals surface area contributed by atoms with Crippen molar-refractivity contribution in [3.63, 3.8) is 0 Å². The molecule has 0 bridgehead atoms. The van der Waals surface area contributed by atoms with E-state index in [2.05, 4.69) is 5.32 Å². The molecule has 0 atom stereocenters. The number of hydrogen-bond donors (Lipinski definition) is 1. The van der Waals surface area contributed by atoms with Crippen LogP contribution in [0.25, 0.3) is 6.08 Å². The van der Waals surface area contributed by atoms with Gasteiger partial charge in [-0.05, 0) is 35.9 Å². The van der Waals surface area contributed by atoms with Gasteiger partial charge in [0.05, 0.1) is 0 Å². The predicted molar refractivity (Wildman–Crippen MR) is 75.6 cm³/mol. The van der Waals surface area contributed by atoms with E-state index in [1.165, 1.54) is 6.08 Å². The van der Waals surface area contributed by atoms with Gasteiger partial charge >= 0.3 is 0 Å². The van der Waals surface area contributed by atoms with Crippen molar-refractivity contribution in [1.29, 1.82) is 0 Å². The predicted octanol–water partition coefficient (Wildman–Crippen LogP) is 3.99. The summed E-state index contributed by atoms with van der Waals surface area (Å²) in [7, 11) is 0. The van der Waals surface area contributed by atoms with Gasteiger partial charge in [-0.15, -0.1) is 0 Å². The average molecular weight is 258 g/mol. The van der Waals surface area contributed by atoms with E-state index in [0.717, 1.165) is 11.3 Å². The third-order valence-corrected chi connectivity index (χ3v) is 2.55. The van der Waals surface area contributed by atoms with E-state index in [1.54, 1.807) is 18.2 Å². The van der Waals surface area contributed by atoms with Gasteiger partial charge in [-0.1, -0.05) is 41.9 Å². The largest absolute Gasteiger partial charge is 0.323 e. The number of nitrogens with one attached hydrogen (secondary N) is 1. The number of para-hydroxylation sites is 1. The fourth-order valence-corrected chi connectivity index (χ4v) is 1.69. The van der Waals surface area contributed by atoms with E-state index in [4.69, 9.17) is 11.6 Å². The highest BCUT2D eigenvalue weighted by molar-refractivity contribution is 6.30. The topological polar surface area (TPSA) is 29.1 Å². The summed E-state index contributed by atoms with van der Waals surface area (Å²) in [6, 6.07) is 16.6. The lowest BCUT2D eigenvalue weighted by atomic mass is 10.2. The van der Waals surface area contributed by atoms with Crippen molar-refractivity contribution in [2.75, 3.05) is 5.32 Å². The van der Waals surface area contributed by atoms with Crippen molar-refractivity contribution in [1.82, 2.24) is 0 Å². The summed E-state index contributed by atoms with van der Waals surface area (Å²) in [5.41, 5.74) is 1.67. The van der Waals surface area contributed by atoms with Crippen LogP contribution in [0.2, 0.25) is 5.02 Å². The van der Waals surface area contributed by atoms with E-state index in [-0.39, 0.29) is 5.91 Å². The molecule has 0 unspecified atom stereocenters. The molecule has 2 rings (SSSR count). The molecule has 2 aromatic carbocycles. The zero-order valence-electron chi connectivity index (χ0n) is 9.64. The molecule has 2 aromatic rings. The Balaban J connectivity index is 1.99. The van der Waals surface area contributed by atoms with Crippen LogP contribution in [0, 0.1) is 0 Å². The fourth-order valence-electron chi connectivity index (χ4n) is 1.49. The van der Waals surface area contributed by atoms with Crippen LogP contribution in [0.15, 0.2) is 60.7 Å². The second-order valence-corrected chi connectivity index (χ2v) is 4.18. The molecule has 0 fully saturated rings. The Morgan fingerprint density at radius 1 is 1.06 bits per heavy atom. The first kappa shape index (κ1) is 12.4. The molecule has 0 aromatic heterocycles. The standard InChI is InChI=1S/C15H12ClNO/c16-13-6-4-5-12(11-13)9-10-15(18)17-14-7-2-1-3-8-14/h1-11H,(H,17,18)/b10-9-. The molecule has 0 radical (unpaired) electrons. The zero-order chi connectivity index (χ0) is 12.8. The highest BCUT2D eigenvalue weighted by Gasteiger charge is 1.96. The molecular formula is C15H12ClNO. The van der Waals surface area contributed by atoms with Gasteiger partial charge in [-0.25, -0.2) is 0 Å². The van der Waals surface area contributed by atoms with Crippen LogP contribution in [0.5, 0.6) is 0 Å². The molecule has 0 aliphatic heterocycles. The number of halogens is 1. The third kappa shape index (κ3) is 3.75. The van der Waals surface area contributed by atoms with E-state index in [9.17, 15) is 4.79 Å². The molecule has 0 spiro atoms. The Morgan fingerprint density at radius 3 is 2.56 bits per heavy atom. The number of carbonyl (C=O) groups is 1. The van der Waals surface area contributed by atoms with Crippen molar-refractivity contribution in [2.24, 2.45) is 0 Å². The van der Waals surface area contributed by atoms with Gasteiger partial charge in [-0.2, -0.15) is 0 Å². The number of amides is 1. The van der Waals surface area contributed by atoms with Gasteiger partial charge in [0.25, 0.3) is 0 Å². The normalized spacial score (nSPS) is 10.5.